The molecule has 22 heavy (non-hydrogen) atoms. The van der Waals surface area contributed by atoms with Gasteiger partial charge in [-0.2, -0.15) is 0 Å². The van der Waals surface area contributed by atoms with Crippen molar-refractivity contribution in [3.8, 4) is 0 Å². The Morgan fingerprint density at radius 2 is 1.64 bits per heavy atom. The Morgan fingerprint density at radius 3 is 2.27 bits per heavy atom. The molecule has 0 aromatic heterocycles. The van der Waals surface area contributed by atoms with Crippen molar-refractivity contribution >= 4 is 23.2 Å². The third-order valence-corrected chi connectivity index (χ3v) is 6.16. The van der Waals surface area contributed by atoms with E-state index in [1.165, 1.54) is 68.9 Å². The molecule has 0 heterocycles. The van der Waals surface area contributed by atoms with E-state index < -0.39 is 0 Å². The molecule has 0 spiro atoms. The van der Waals surface area contributed by atoms with E-state index in [0.717, 1.165) is 22.4 Å². The summed E-state index contributed by atoms with van der Waals surface area (Å²) in [6.45, 7) is 4.52. The number of unbranched alkanes of at least 4 members (excludes halogenated alkanes) is 2. The smallest absolute Gasteiger partial charge is 0.0629 e. The second-order valence-electron chi connectivity index (χ2n) is 6.91. The fraction of sp³-hybridized carbons (Fsp3) is 0.700. The van der Waals surface area contributed by atoms with Crippen LogP contribution in [0.5, 0.6) is 0 Å². The van der Waals surface area contributed by atoms with Gasteiger partial charge in [-0.05, 0) is 61.5 Å². The van der Waals surface area contributed by atoms with Gasteiger partial charge in [-0.15, -0.1) is 0 Å². The molecular formula is C20H30Cl2. The number of rotatable bonds is 7. The van der Waals surface area contributed by atoms with Crippen molar-refractivity contribution in [2.75, 3.05) is 0 Å². The Balaban J connectivity index is 2.02. The fourth-order valence-electron chi connectivity index (χ4n) is 3.85. The molecule has 1 aromatic carbocycles. The zero-order chi connectivity index (χ0) is 15.9. The molecule has 0 N–H and O–H groups in total. The number of hydrogen-bond donors (Lipinski definition) is 0. The van der Waals surface area contributed by atoms with Gasteiger partial charge in [-0.1, -0.05) is 74.9 Å². The van der Waals surface area contributed by atoms with Gasteiger partial charge in [0, 0.05) is 0 Å². The van der Waals surface area contributed by atoms with Gasteiger partial charge in [-0.25, -0.2) is 0 Å². The minimum atomic E-state index is 0.614. The maximum absolute atomic E-state index is 6.61. The van der Waals surface area contributed by atoms with E-state index in [9.17, 15) is 0 Å². The van der Waals surface area contributed by atoms with E-state index in [0.29, 0.717) is 5.92 Å². The van der Waals surface area contributed by atoms with Crippen molar-refractivity contribution in [3.05, 3.63) is 33.3 Å². The maximum Gasteiger partial charge on any atom is 0.0629 e. The van der Waals surface area contributed by atoms with Crippen LogP contribution in [-0.4, -0.2) is 0 Å². The van der Waals surface area contributed by atoms with Crippen molar-refractivity contribution in [3.63, 3.8) is 0 Å². The summed E-state index contributed by atoms with van der Waals surface area (Å²) in [5.74, 6) is 1.55. The van der Waals surface area contributed by atoms with Crippen LogP contribution < -0.4 is 0 Å². The second kappa shape index (κ2) is 9.18. The minimum Gasteiger partial charge on any atom is -0.0824 e. The monoisotopic (exact) mass is 340 g/mol. The lowest BCUT2D eigenvalue weighted by atomic mass is 9.77. The molecule has 0 unspecified atom stereocenters. The summed E-state index contributed by atoms with van der Waals surface area (Å²) in [6, 6.07) is 4.47. The van der Waals surface area contributed by atoms with Gasteiger partial charge >= 0.3 is 0 Å². The highest BCUT2D eigenvalue weighted by molar-refractivity contribution is 6.43. The van der Waals surface area contributed by atoms with Gasteiger partial charge in [-0.3, -0.25) is 0 Å². The summed E-state index contributed by atoms with van der Waals surface area (Å²) < 4.78 is 0. The number of benzene rings is 1. The van der Waals surface area contributed by atoms with Crippen LogP contribution in [0.15, 0.2) is 12.1 Å². The highest BCUT2D eigenvalue weighted by Crippen LogP contribution is 2.42. The molecule has 1 saturated carbocycles. The Bertz CT molecular complexity index is 459. The molecule has 1 aliphatic carbocycles. The SMILES string of the molecule is CCCCCc1ccc(C2CCC(CCC)CC2)c(Cl)c1Cl. The quantitative estimate of drug-likeness (QED) is 0.444. The summed E-state index contributed by atoms with van der Waals surface area (Å²) >= 11 is 13.2. The first kappa shape index (κ1) is 18.1. The first-order valence-electron chi connectivity index (χ1n) is 9.14. The second-order valence-corrected chi connectivity index (χ2v) is 7.66. The van der Waals surface area contributed by atoms with Crippen LogP contribution in [0.3, 0.4) is 0 Å². The average Bonchev–Trinajstić information content (AvgIpc) is 2.53. The zero-order valence-electron chi connectivity index (χ0n) is 14.1. The molecule has 1 aromatic rings. The van der Waals surface area contributed by atoms with Crippen LogP contribution in [0.4, 0.5) is 0 Å². The Morgan fingerprint density at radius 1 is 0.909 bits per heavy atom. The largest absolute Gasteiger partial charge is 0.0824 e. The molecule has 0 aliphatic heterocycles. The molecule has 0 atom stereocenters. The van der Waals surface area contributed by atoms with Gasteiger partial charge < -0.3 is 0 Å². The normalized spacial score (nSPS) is 22.0. The highest BCUT2D eigenvalue weighted by Gasteiger charge is 2.24. The lowest BCUT2D eigenvalue weighted by Crippen LogP contribution is -2.13. The van der Waals surface area contributed by atoms with E-state index >= 15 is 0 Å². The molecule has 0 nitrogen and oxygen atoms in total. The first-order valence-corrected chi connectivity index (χ1v) is 9.89. The molecule has 0 bridgehead atoms. The van der Waals surface area contributed by atoms with Crippen molar-refractivity contribution in [1.82, 2.24) is 0 Å². The van der Waals surface area contributed by atoms with Crippen LogP contribution in [0, 0.1) is 5.92 Å². The molecule has 1 aliphatic rings. The molecule has 0 amide bonds. The molecule has 0 radical (unpaired) electrons. The van der Waals surface area contributed by atoms with Gasteiger partial charge in [0.2, 0.25) is 0 Å². The predicted molar refractivity (Wildman–Crippen MR) is 99.3 cm³/mol. The fourth-order valence-corrected chi connectivity index (χ4v) is 4.45. The highest BCUT2D eigenvalue weighted by atomic mass is 35.5. The lowest BCUT2D eigenvalue weighted by Gasteiger charge is -2.29. The number of halogens is 2. The number of hydrogen-bond acceptors (Lipinski definition) is 0. The summed E-state index contributed by atoms with van der Waals surface area (Å²) in [5, 5.41) is 1.64. The molecule has 2 rings (SSSR count). The zero-order valence-corrected chi connectivity index (χ0v) is 15.6. The lowest BCUT2D eigenvalue weighted by molar-refractivity contribution is 0.308. The van der Waals surface area contributed by atoms with E-state index in [1.807, 2.05) is 0 Å². The molecule has 0 saturated heterocycles. The Hall–Kier alpha value is -0.200. The summed E-state index contributed by atoms with van der Waals surface area (Å²) in [7, 11) is 0. The Labute approximate surface area is 146 Å². The first-order chi connectivity index (χ1) is 10.7. The summed E-state index contributed by atoms with van der Waals surface area (Å²) in [6.07, 6.45) is 12.7. The standard InChI is InChI=1S/C20H30Cl2/c1-3-5-6-8-17-13-14-18(20(22)19(17)21)16-11-9-15(7-4-2)10-12-16/h13-16H,3-12H2,1-2H3. The van der Waals surface area contributed by atoms with Crippen LogP contribution in [0.25, 0.3) is 0 Å². The van der Waals surface area contributed by atoms with Crippen LogP contribution in [0.1, 0.15) is 88.7 Å². The van der Waals surface area contributed by atoms with Gasteiger partial charge in [0.05, 0.1) is 10.0 Å². The van der Waals surface area contributed by atoms with Crippen molar-refractivity contribution in [2.45, 2.75) is 84.0 Å². The summed E-state index contributed by atoms with van der Waals surface area (Å²) in [4.78, 5) is 0. The van der Waals surface area contributed by atoms with Crippen LogP contribution >= 0.6 is 23.2 Å². The molecule has 1 fully saturated rings. The van der Waals surface area contributed by atoms with Gasteiger partial charge in [0.1, 0.15) is 0 Å². The molecule has 124 valence electrons. The Kier molecular flexibility index (Phi) is 7.57. The minimum absolute atomic E-state index is 0.614. The van der Waals surface area contributed by atoms with E-state index in [-0.39, 0.29) is 0 Å². The third kappa shape index (κ3) is 4.65. The number of aryl methyl sites for hydroxylation is 1. The van der Waals surface area contributed by atoms with Crippen molar-refractivity contribution in [2.24, 2.45) is 5.92 Å². The van der Waals surface area contributed by atoms with E-state index in [2.05, 4.69) is 26.0 Å². The van der Waals surface area contributed by atoms with E-state index in [1.54, 1.807) is 0 Å². The van der Waals surface area contributed by atoms with E-state index in [4.69, 9.17) is 23.2 Å². The van der Waals surface area contributed by atoms with Crippen LogP contribution in [-0.2, 0) is 6.42 Å². The maximum atomic E-state index is 6.61. The molecule has 2 heteroatoms. The summed E-state index contributed by atoms with van der Waals surface area (Å²) in [5.41, 5.74) is 2.52. The van der Waals surface area contributed by atoms with Crippen molar-refractivity contribution < 1.29 is 0 Å². The predicted octanol–water partition coefficient (Wildman–Crippen LogP) is 7.80. The topological polar surface area (TPSA) is 0 Å². The van der Waals surface area contributed by atoms with Gasteiger partial charge in [0.25, 0.3) is 0 Å². The average molecular weight is 341 g/mol. The molecular weight excluding hydrogens is 311 g/mol. The van der Waals surface area contributed by atoms with Crippen LogP contribution in [0.2, 0.25) is 10.0 Å². The van der Waals surface area contributed by atoms with Crippen molar-refractivity contribution in [1.29, 1.82) is 0 Å². The van der Waals surface area contributed by atoms with Gasteiger partial charge in [0.15, 0.2) is 0 Å². The third-order valence-electron chi connectivity index (χ3n) is 5.23.